The number of carbonyl (C=O) groups is 3. The lowest BCUT2D eigenvalue weighted by Crippen LogP contribution is -2.12. The summed E-state index contributed by atoms with van der Waals surface area (Å²) in [4.78, 5) is 39.9. The molecule has 2 unspecified atom stereocenters. The molecule has 0 aliphatic carbocycles. The molecule has 8 heteroatoms. The number of rotatable bonds is 6. The van der Waals surface area contributed by atoms with Gasteiger partial charge in [0.05, 0.1) is 10.3 Å². The standard InChI is InChI=1S/C9H8ClNO3.C5H8O3/c10-8(6-12)5-7-1-3-9(4-2-7)11(13)14;1-4(3-6)8-5(2)7/h1-4,6,8H,5H2;3-4H,1-2H3. The third-order valence-electron chi connectivity index (χ3n) is 2.27. The molecule has 1 aromatic rings. The average Bonchev–Trinajstić information content (AvgIpc) is 2.47. The van der Waals surface area contributed by atoms with Gasteiger partial charge in [0, 0.05) is 19.1 Å². The van der Waals surface area contributed by atoms with E-state index in [4.69, 9.17) is 11.6 Å². The number of nitro groups is 1. The molecule has 0 N–H and O–H groups in total. The highest BCUT2D eigenvalue weighted by molar-refractivity contribution is 6.27. The van der Waals surface area contributed by atoms with Gasteiger partial charge in [0.2, 0.25) is 0 Å². The van der Waals surface area contributed by atoms with Crippen molar-refractivity contribution in [1.29, 1.82) is 0 Å². The van der Waals surface area contributed by atoms with Gasteiger partial charge >= 0.3 is 5.97 Å². The molecule has 2 atom stereocenters. The van der Waals surface area contributed by atoms with Gasteiger partial charge in [0.25, 0.3) is 5.69 Å². The highest BCUT2D eigenvalue weighted by Gasteiger charge is 2.07. The van der Waals surface area contributed by atoms with Crippen molar-refractivity contribution in [2.75, 3.05) is 0 Å². The number of carbonyl (C=O) groups excluding carboxylic acids is 3. The fourth-order valence-corrected chi connectivity index (χ4v) is 1.49. The van der Waals surface area contributed by atoms with Crippen LogP contribution in [0.25, 0.3) is 0 Å². The van der Waals surface area contributed by atoms with Gasteiger partial charge in [-0.15, -0.1) is 11.6 Å². The van der Waals surface area contributed by atoms with Gasteiger partial charge in [-0.1, -0.05) is 12.1 Å². The molecule has 1 rings (SSSR count). The van der Waals surface area contributed by atoms with E-state index in [2.05, 4.69) is 4.74 Å². The number of esters is 1. The predicted octanol–water partition coefficient (Wildman–Crippen LogP) is 2.08. The highest BCUT2D eigenvalue weighted by Crippen LogP contribution is 2.13. The van der Waals surface area contributed by atoms with Crippen molar-refractivity contribution in [3.8, 4) is 0 Å². The summed E-state index contributed by atoms with van der Waals surface area (Å²) in [5.74, 6) is -0.426. The largest absolute Gasteiger partial charge is 0.455 e. The van der Waals surface area contributed by atoms with Crippen molar-refractivity contribution in [2.45, 2.75) is 31.7 Å². The van der Waals surface area contributed by atoms with Crippen LogP contribution in [0.4, 0.5) is 5.69 Å². The Morgan fingerprint density at radius 2 is 1.86 bits per heavy atom. The van der Waals surface area contributed by atoms with E-state index >= 15 is 0 Å². The van der Waals surface area contributed by atoms with Crippen LogP contribution < -0.4 is 0 Å². The van der Waals surface area contributed by atoms with Gasteiger partial charge in [-0.3, -0.25) is 19.7 Å². The Balaban J connectivity index is 0.000000472. The molecule has 1 aromatic carbocycles. The van der Waals surface area contributed by atoms with Crippen LogP contribution in [0.5, 0.6) is 0 Å². The number of alkyl halides is 1. The van der Waals surface area contributed by atoms with E-state index in [0.29, 0.717) is 19.0 Å². The highest BCUT2D eigenvalue weighted by atomic mass is 35.5. The Labute approximate surface area is 132 Å². The molecule has 0 fully saturated rings. The van der Waals surface area contributed by atoms with Crippen LogP contribution in [0.15, 0.2) is 24.3 Å². The third-order valence-corrected chi connectivity index (χ3v) is 2.53. The summed E-state index contributed by atoms with van der Waals surface area (Å²) in [6.45, 7) is 2.77. The zero-order valence-electron chi connectivity index (χ0n) is 12.1. The number of hydrogen-bond donors (Lipinski definition) is 0. The second-order valence-electron chi connectivity index (χ2n) is 4.23. The number of nitro benzene ring substituents is 1. The maximum absolute atomic E-state index is 10.3. The van der Waals surface area contributed by atoms with Crippen molar-refractivity contribution in [2.24, 2.45) is 0 Å². The van der Waals surface area contributed by atoms with Gasteiger partial charge in [-0.25, -0.2) is 0 Å². The number of nitrogens with zero attached hydrogens (tertiary/aromatic N) is 1. The summed E-state index contributed by atoms with van der Waals surface area (Å²) >= 11 is 5.60. The van der Waals surface area contributed by atoms with Gasteiger partial charge in [-0.05, 0) is 18.9 Å². The van der Waals surface area contributed by atoms with Crippen LogP contribution >= 0.6 is 11.6 Å². The Morgan fingerprint density at radius 3 is 2.18 bits per heavy atom. The molecule has 0 radical (unpaired) electrons. The summed E-state index contributed by atoms with van der Waals surface area (Å²) < 4.78 is 4.39. The fraction of sp³-hybridized carbons (Fsp3) is 0.357. The van der Waals surface area contributed by atoms with Crippen LogP contribution in [0.3, 0.4) is 0 Å². The zero-order chi connectivity index (χ0) is 17.1. The molecule has 0 bridgehead atoms. The monoisotopic (exact) mass is 329 g/mol. The Kier molecular flexibility index (Phi) is 9.36. The lowest BCUT2D eigenvalue weighted by Gasteiger charge is -2.00. The molecule has 0 aliphatic heterocycles. The summed E-state index contributed by atoms with van der Waals surface area (Å²) in [6, 6.07) is 5.97. The van der Waals surface area contributed by atoms with Crippen LogP contribution in [0.1, 0.15) is 19.4 Å². The lowest BCUT2D eigenvalue weighted by molar-refractivity contribution is -0.384. The van der Waals surface area contributed by atoms with E-state index in [1.165, 1.54) is 26.0 Å². The first-order valence-electron chi connectivity index (χ1n) is 6.25. The Bertz CT molecular complexity index is 517. The van der Waals surface area contributed by atoms with Crippen molar-refractivity contribution in [3.05, 3.63) is 39.9 Å². The molecule has 0 amide bonds. The molecule has 0 heterocycles. The molecule has 7 nitrogen and oxygen atoms in total. The second-order valence-corrected chi connectivity index (χ2v) is 4.79. The van der Waals surface area contributed by atoms with Crippen molar-refractivity contribution < 1.29 is 24.0 Å². The number of aldehydes is 2. The molecule has 0 spiro atoms. The average molecular weight is 330 g/mol. The predicted molar refractivity (Wildman–Crippen MR) is 79.8 cm³/mol. The van der Waals surface area contributed by atoms with Crippen LogP contribution in [0.2, 0.25) is 0 Å². The van der Waals surface area contributed by atoms with E-state index in [0.717, 1.165) is 5.56 Å². The van der Waals surface area contributed by atoms with Crippen LogP contribution in [-0.2, 0) is 25.5 Å². The van der Waals surface area contributed by atoms with E-state index in [1.807, 2.05) is 0 Å². The maximum atomic E-state index is 10.3. The van der Waals surface area contributed by atoms with E-state index in [1.54, 1.807) is 12.1 Å². The molecule has 0 saturated carbocycles. The minimum atomic E-state index is -0.604. The van der Waals surface area contributed by atoms with Crippen molar-refractivity contribution >= 4 is 35.8 Å². The number of hydrogen-bond acceptors (Lipinski definition) is 6. The fourth-order valence-electron chi connectivity index (χ4n) is 1.32. The smallest absolute Gasteiger partial charge is 0.303 e. The lowest BCUT2D eigenvalue weighted by atomic mass is 10.1. The molecular formula is C14H16ClNO6. The molecular weight excluding hydrogens is 314 g/mol. The molecule has 0 aliphatic rings. The number of halogens is 1. The first kappa shape index (κ1) is 19.7. The molecule has 0 saturated heterocycles. The molecule has 120 valence electrons. The second kappa shape index (κ2) is 10.4. The van der Waals surface area contributed by atoms with E-state index < -0.39 is 22.4 Å². The van der Waals surface area contributed by atoms with Gasteiger partial charge in [0.15, 0.2) is 12.4 Å². The third kappa shape index (κ3) is 8.80. The summed E-state index contributed by atoms with van der Waals surface area (Å²) in [5, 5.41) is 9.74. The SMILES string of the molecule is CC(=O)OC(C)C=O.O=CC(Cl)Cc1ccc([N+](=O)[O-])cc1. The van der Waals surface area contributed by atoms with Crippen LogP contribution in [0, 0.1) is 10.1 Å². The topological polar surface area (TPSA) is 104 Å². The number of non-ortho nitro benzene ring substituents is 1. The Hall–Kier alpha value is -2.28. The zero-order valence-corrected chi connectivity index (χ0v) is 12.9. The summed E-state index contributed by atoms with van der Waals surface area (Å²) in [7, 11) is 0. The maximum Gasteiger partial charge on any atom is 0.303 e. The number of ether oxygens (including phenoxy) is 1. The van der Waals surface area contributed by atoms with E-state index in [-0.39, 0.29) is 5.69 Å². The van der Waals surface area contributed by atoms with Gasteiger partial charge < -0.3 is 9.53 Å². The van der Waals surface area contributed by atoms with Crippen molar-refractivity contribution in [3.63, 3.8) is 0 Å². The van der Waals surface area contributed by atoms with Gasteiger partial charge in [-0.2, -0.15) is 0 Å². The minimum absolute atomic E-state index is 0.0333. The van der Waals surface area contributed by atoms with E-state index in [9.17, 15) is 24.5 Å². The van der Waals surface area contributed by atoms with Crippen molar-refractivity contribution in [1.82, 2.24) is 0 Å². The normalized spacial score (nSPS) is 12.1. The summed E-state index contributed by atoms with van der Waals surface area (Å²) in [6.07, 6.45) is 1.00. The first-order valence-corrected chi connectivity index (χ1v) is 6.69. The quantitative estimate of drug-likeness (QED) is 0.260. The summed E-state index contributed by atoms with van der Waals surface area (Å²) in [5.41, 5.74) is 0.841. The first-order chi connectivity index (χ1) is 10.3. The molecule has 0 aromatic heterocycles. The molecule has 22 heavy (non-hydrogen) atoms. The number of benzene rings is 1. The minimum Gasteiger partial charge on any atom is -0.455 e. The Morgan fingerprint density at radius 1 is 1.32 bits per heavy atom. The van der Waals surface area contributed by atoms with Crippen LogP contribution in [-0.4, -0.2) is 34.9 Å². The van der Waals surface area contributed by atoms with Gasteiger partial charge in [0.1, 0.15) is 6.29 Å².